The Hall–Kier alpha value is -3.51. The van der Waals surface area contributed by atoms with E-state index < -0.39 is 67.2 Å². The Labute approximate surface area is 328 Å². The molecule has 1 amide bonds. The minimum absolute atomic E-state index is 0.0156. The molecule has 10 unspecified atom stereocenters. The third-order valence-corrected chi connectivity index (χ3v) is 16.6. The Morgan fingerprint density at radius 1 is 1.07 bits per heavy atom. The molecule has 2 bridgehead atoms. The summed E-state index contributed by atoms with van der Waals surface area (Å²) >= 11 is 0. The number of aliphatic hydroxyl groups is 2. The monoisotopic (exact) mass is 798 g/mol. The van der Waals surface area contributed by atoms with Gasteiger partial charge >= 0.3 is 5.97 Å². The Balaban J connectivity index is 0.961. The summed E-state index contributed by atoms with van der Waals surface area (Å²) in [4.78, 5) is 59.6. The number of fused-ring (bicyclic) bond motifs is 1. The van der Waals surface area contributed by atoms with Gasteiger partial charge in [0.05, 0.1) is 36.5 Å². The number of piperazine rings is 1. The van der Waals surface area contributed by atoms with Crippen LogP contribution in [-0.2, 0) is 35.5 Å². The number of nitrogens with two attached hydrogens (primary N) is 1. The fourth-order valence-electron chi connectivity index (χ4n) is 11.2. The quantitative estimate of drug-likeness (QED) is 0.241. The predicted molar refractivity (Wildman–Crippen MR) is 208 cm³/mol. The lowest BCUT2D eigenvalue weighted by Gasteiger charge is -2.64. The molecule has 4 N–H and O–H groups in total. The van der Waals surface area contributed by atoms with Crippen LogP contribution in [0.25, 0.3) is 11.2 Å². The zero-order valence-corrected chi connectivity index (χ0v) is 34.1. The molecule has 2 aromatic heterocycles. The smallest absolute Gasteiger partial charge is 0.320 e. The number of Topliss-reactive ketones (excluding diaryl/α,β-unsaturated/α-hetero) is 1. The molecule has 2 aliphatic heterocycles. The predicted octanol–water partition coefficient (Wildman–Crippen LogP) is 1.29. The van der Waals surface area contributed by atoms with Crippen LogP contribution in [0, 0.1) is 28.1 Å². The van der Waals surface area contributed by atoms with E-state index >= 15 is 0 Å². The second-order valence-electron chi connectivity index (χ2n) is 17.8. The fraction of sp³-hybridized carbons (Fsp3) is 0.744. The summed E-state index contributed by atoms with van der Waals surface area (Å²) in [6.45, 7) is 14.3. The van der Waals surface area contributed by atoms with Crippen LogP contribution in [0.4, 0.5) is 5.82 Å². The molecular formula is C39H58N8O8S. The minimum Gasteiger partial charge on any atom is -0.458 e. The van der Waals surface area contributed by atoms with Crippen molar-refractivity contribution in [3.05, 3.63) is 25.3 Å². The number of imidazole rings is 1. The molecule has 16 nitrogen and oxygen atoms in total. The molecule has 7 rings (SSSR count). The number of carbonyl (C=O) groups is 3. The van der Waals surface area contributed by atoms with E-state index in [1.807, 2.05) is 32.6 Å². The van der Waals surface area contributed by atoms with Gasteiger partial charge in [0.15, 0.2) is 26.8 Å². The van der Waals surface area contributed by atoms with Gasteiger partial charge in [-0.05, 0) is 50.4 Å². The number of ether oxygens (including phenoxy) is 1. The van der Waals surface area contributed by atoms with Crippen LogP contribution in [0.3, 0.4) is 0 Å². The molecule has 56 heavy (non-hydrogen) atoms. The number of aryl methyl sites for hydroxylation is 1. The second-order valence-corrected chi connectivity index (χ2v) is 20.1. The van der Waals surface area contributed by atoms with E-state index in [-0.39, 0.29) is 37.0 Å². The van der Waals surface area contributed by atoms with Crippen LogP contribution in [0.15, 0.2) is 25.3 Å². The van der Waals surface area contributed by atoms with E-state index in [0.29, 0.717) is 88.4 Å². The minimum atomic E-state index is -3.34. The molecule has 4 heterocycles. The van der Waals surface area contributed by atoms with Crippen LogP contribution < -0.4 is 10.6 Å². The van der Waals surface area contributed by atoms with E-state index in [1.165, 1.54) is 12.6 Å². The Kier molecular flexibility index (Phi) is 10.5. The van der Waals surface area contributed by atoms with Crippen molar-refractivity contribution < 1.29 is 37.8 Å². The van der Waals surface area contributed by atoms with Crippen LogP contribution in [0.5, 0.6) is 0 Å². The highest BCUT2D eigenvalue weighted by Gasteiger charge is 2.72. The van der Waals surface area contributed by atoms with Gasteiger partial charge in [0.2, 0.25) is 5.91 Å². The lowest BCUT2D eigenvalue weighted by atomic mass is 9.42. The molecule has 3 saturated carbocycles. The number of hydrogen-bond donors (Lipinski definition) is 3. The summed E-state index contributed by atoms with van der Waals surface area (Å²) in [6, 6.07) is 0. The molecule has 5 fully saturated rings. The van der Waals surface area contributed by atoms with Crippen molar-refractivity contribution in [2.45, 2.75) is 108 Å². The highest BCUT2D eigenvalue weighted by atomic mass is 32.2. The number of anilines is 1. The first kappa shape index (κ1) is 40.7. The standard InChI is InChI=1S/C39H58N8O8S/c1-7-36(3)20-27(49)38(5)31-25(48)8-11-39(31,24(2)32(36)52)13-12-37(38,4)55-29(51)21-44-16-18-45(19-17-44)28(50)10-14-46-23-43-30-34(46)41-22-42-35(30)47-15-9-26(33(47)40)56(6,53)54/h7,22-24,26-27,31-33,49,52H,1,8-21,40H2,2-6H3. The first-order chi connectivity index (χ1) is 26.3. The Morgan fingerprint density at radius 2 is 1.79 bits per heavy atom. The number of ketones is 1. The fourth-order valence-corrected chi connectivity index (χ4v) is 12.4. The summed E-state index contributed by atoms with van der Waals surface area (Å²) in [7, 11) is -3.34. The van der Waals surface area contributed by atoms with Crippen LogP contribution in [-0.4, -0.2) is 140 Å². The number of nitrogens with zero attached hydrogens (tertiary/aromatic N) is 7. The summed E-state index contributed by atoms with van der Waals surface area (Å²) < 4.78 is 32.6. The van der Waals surface area contributed by atoms with Gasteiger partial charge < -0.3 is 35.1 Å². The summed E-state index contributed by atoms with van der Waals surface area (Å²) in [5.41, 5.74) is 3.84. The number of sulfone groups is 1. The van der Waals surface area contributed by atoms with E-state index in [2.05, 4.69) is 21.5 Å². The molecule has 2 saturated heterocycles. The molecule has 5 aliphatic rings. The largest absolute Gasteiger partial charge is 0.458 e. The van der Waals surface area contributed by atoms with E-state index in [4.69, 9.17) is 10.5 Å². The number of aromatic nitrogens is 4. The molecule has 0 aromatic carbocycles. The van der Waals surface area contributed by atoms with Crippen molar-refractivity contribution in [3.8, 4) is 0 Å². The van der Waals surface area contributed by atoms with Gasteiger partial charge in [-0.1, -0.05) is 26.8 Å². The van der Waals surface area contributed by atoms with Crippen molar-refractivity contribution in [1.82, 2.24) is 29.3 Å². The number of amides is 1. The average molecular weight is 799 g/mol. The average Bonchev–Trinajstić information content (AvgIpc) is 3.86. The normalized spacial score (nSPS) is 38.0. The van der Waals surface area contributed by atoms with Gasteiger partial charge in [-0.3, -0.25) is 19.3 Å². The maximum Gasteiger partial charge on any atom is 0.320 e. The third kappa shape index (κ3) is 6.45. The van der Waals surface area contributed by atoms with Gasteiger partial charge in [0.1, 0.15) is 17.7 Å². The van der Waals surface area contributed by atoms with Crippen molar-refractivity contribution in [1.29, 1.82) is 0 Å². The van der Waals surface area contributed by atoms with Crippen molar-refractivity contribution in [2.75, 3.05) is 50.4 Å². The molecule has 10 atom stereocenters. The van der Waals surface area contributed by atoms with Crippen LogP contribution in [0.1, 0.15) is 72.6 Å². The number of aliphatic hydroxyl groups excluding tert-OH is 2. The zero-order chi connectivity index (χ0) is 40.6. The number of rotatable bonds is 9. The Morgan fingerprint density at radius 3 is 2.45 bits per heavy atom. The van der Waals surface area contributed by atoms with E-state index in [1.54, 1.807) is 26.8 Å². The molecule has 17 heteroatoms. The zero-order valence-electron chi connectivity index (χ0n) is 33.3. The Bertz CT molecular complexity index is 2000. The topological polar surface area (TPSA) is 214 Å². The van der Waals surface area contributed by atoms with Gasteiger partial charge in [-0.25, -0.2) is 23.4 Å². The van der Waals surface area contributed by atoms with Gasteiger partial charge in [-0.2, -0.15) is 0 Å². The first-order valence-electron chi connectivity index (χ1n) is 19.9. The van der Waals surface area contributed by atoms with E-state index in [0.717, 1.165) is 0 Å². The second kappa shape index (κ2) is 14.4. The van der Waals surface area contributed by atoms with Gasteiger partial charge in [-0.15, -0.1) is 6.58 Å². The molecule has 3 aliphatic carbocycles. The number of esters is 1. The van der Waals surface area contributed by atoms with Crippen LogP contribution in [0.2, 0.25) is 0 Å². The summed E-state index contributed by atoms with van der Waals surface area (Å²) in [5.74, 6) is -0.727. The molecule has 0 radical (unpaired) electrons. The van der Waals surface area contributed by atoms with Crippen molar-refractivity contribution in [3.63, 3.8) is 0 Å². The number of carbonyl (C=O) groups excluding carboxylic acids is 3. The highest BCUT2D eigenvalue weighted by Crippen LogP contribution is 2.69. The molecule has 2 aromatic rings. The van der Waals surface area contributed by atoms with Gasteiger partial charge in [0.25, 0.3) is 0 Å². The number of hydrogen-bond acceptors (Lipinski definition) is 14. The van der Waals surface area contributed by atoms with E-state index in [9.17, 15) is 33.0 Å². The first-order valence-corrected chi connectivity index (χ1v) is 21.9. The maximum atomic E-state index is 13.7. The molecular weight excluding hydrogens is 741 g/mol. The van der Waals surface area contributed by atoms with Crippen molar-refractivity contribution in [2.24, 2.45) is 33.8 Å². The summed E-state index contributed by atoms with van der Waals surface area (Å²) in [6.07, 6.45) is 6.19. The van der Waals surface area contributed by atoms with Gasteiger partial charge in [0, 0.05) is 75.1 Å². The lowest BCUT2D eigenvalue weighted by Crippen LogP contribution is -2.69. The summed E-state index contributed by atoms with van der Waals surface area (Å²) in [5, 5.41) is 22.9. The third-order valence-electron chi connectivity index (χ3n) is 15.0. The SMILES string of the molecule is C=CC1(C)CC(O)C2(C)C3C(=O)CCC3(CCC2(C)OC(=O)CN2CCN(C(=O)CCn3cnc4c(N5CCC(S(C)(=O)=O)C5N)ncnc43)CC2)C(C)C1O. The van der Waals surface area contributed by atoms with Crippen molar-refractivity contribution >= 4 is 44.5 Å². The lowest BCUT2D eigenvalue weighted by molar-refractivity contribution is -0.252. The molecule has 0 spiro atoms. The highest BCUT2D eigenvalue weighted by molar-refractivity contribution is 7.91. The molecule has 308 valence electrons. The van der Waals surface area contributed by atoms with Crippen LogP contribution >= 0.6 is 0 Å². The maximum absolute atomic E-state index is 13.7.